The Bertz CT molecular complexity index is 3850. The van der Waals surface area contributed by atoms with Crippen LogP contribution in [0.4, 0.5) is 0 Å². The van der Waals surface area contributed by atoms with Gasteiger partial charge in [-0.2, -0.15) is 0 Å². The van der Waals surface area contributed by atoms with Crippen LogP contribution in [0.3, 0.4) is 0 Å². The molecule has 0 bridgehead atoms. The first kappa shape index (κ1) is 52.3. The first-order valence-corrected chi connectivity index (χ1v) is 26.4. The fourth-order valence-corrected chi connectivity index (χ4v) is 11.6. The van der Waals surface area contributed by atoms with E-state index in [1.165, 1.54) is 33.5 Å². The number of hydrogen-bond donors (Lipinski definition) is 3. The molecular weight excluding hydrogens is 1020 g/mol. The van der Waals surface area contributed by atoms with Gasteiger partial charge in [-0.25, -0.2) is 31.1 Å². The van der Waals surface area contributed by atoms with Crippen LogP contribution >= 0.6 is 0 Å². The highest BCUT2D eigenvalue weighted by Gasteiger charge is 2.35. The van der Waals surface area contributed by atoms with E-state index in [2.05, 4.69) is 9.44 Å². The van der Waals surface area contributed by atoms with Crippen LogP contribution in [0.5, 0.6) is 34.5 Å². The van der Waals surface area contributed by atoms with Gasteiger partial charge in [0.2, 0.25) is 25.4 Å². The molecule has 3 N–H and O–H groups in total. The summed E-state index contributed by atoms with van der Waals surface area (Å²) in [5.74, 6) is -1.81. The highest BCUT2D eigenvalue weighted by Crippen LogP contribution is 2.41. The number of carbonyl (C=O) groups is 3. The van der Waals surface area contributed by atoms with Crippen molar-refractivity contribution in [3.63, 3.8) is 0 Å². The second-order valence-corrected chi connectivity index (χ2v) is 21.3. The van der Waals surface area contributed by atoms with E-state index in [1.54, 1.807) is 116 Å². The van der Waals surface area contributed by atoms with E-state index in [0.29, 0.717) is 61.7 Å². The van der Waals surface area contributed by atoms with Crippen molar-refractivity contribution in [3.05, 3.63) is 166 Å². The van der Waals surface area contributed by atoms with Crippen molar-refractivity contribution in [2.45, 2.75) is 42.1 Å². The number of aliphatic hydroxyl groups excluding tert-OH is 1. The molecule has 0 fully saturated rings. The fourth-order valence-electron chi connectivity index (χ4n) is 9.30. The predicted octanol–water partition coefficient (Wildman–Crippen LogP) is 7.00. The maximum absolute atomic E-state index is 13.9. The number of methoxy groups -OCH3 is 3. The van der Waals surface area contributed by atoms with E-state index in [-0.39, 0.29) is 41.5 Å². The zero-order chi connectivity index (χ0) is 54.2. The molecule has 10 rings (SSSR count). The Kier molecular flexibility index (Phi) is 14.5. The van der Waals surface area contributed by atoms with Crippen LogP contribution in [0.2, 0.25) is 0 Å². The Labute approximate surface area is 437 Å². The highest BCUT2D eigenvalue weighted by atomic mass is 32.2. The van der Waals surface area contributed by atoms with Gasteiger partial charge >= 0.3 is 5.97 Å². The van der Waals surface area contributed by atoms with Crippen LogP contribution in [-0.2, 0) is 55.1 Å². The third-order valence-electron chi connectivity index (χ3n) is 13.0. The number of aromatic nitrogens is 2. The van der Waals surface area contributed by atoms with Crippen molar-refractivity contribution in [1.82, 2.24) is 18.6 Å². The molecule has 21 heteroatoms. The van der Waals surface area contributed by atoms with E-state index < -0.39 is 49.7 Å². The Morgan fingerprint density at radius 3 is 1.47 bits per heavy atom. The van der Waals surface area contributed by atoms with Crippen molar-refractivity contribution in [2.75, 3.05) is 34.9 Å². The molecule has 2 aliphatic heterocycles. The number of amides is 2. The molecule has 6 aromatic carbocycles. The summed E-state index contributed by atoms with van der Waals surface area (Å²) in [6, 6.07) is 29.8. The molecule has 8 aromatic rings. The molecule has 2 aliphatic rings. The Balaban J connectivity index is 0.000000186. The van der Waals surface area contributed by atoms with E-state index in [4.69, 9.17) is 33.2 Å². The molecule has 0 aliphatic carbocycles. The average Bonchev–Trinajstić information content (AvgIpc) is 4.21. The number of esters is 1. The molecule has 0 radical (unpaired) electrons. The lowest BCUT2D eigenvalue weighted by atomic mass is 9.90. The molecule has 19 nitrogen and oxygen atoms in total. The van der Waals surface area contributed by atoms with Crippen molar-refractivity contribution < 1.29 is 69.5 Å². The largest absolute Gasteiger partial charge is 0.495 e. The number of aliphatic hydroxyl groups is 1. The molecule has 0 saturated heterocycles. The van der Waals surface area contributed by atoms with Gasteiger partial charge in [0.25, 0.3) is 20.0 Å². The number of ether oxygens (including phenoxy) is 7. The van der Waals surface area contributed by atoms with Gasteiger partial charge in [-0.15, -0.1) is 0 Å². The molecule has 2 amide bonds. The number of fused-ring (bicyclic) bond motifs is 4. The standard InChI is InChI=1S/C28H26N2O8S.C27H26N2O7S/c1-16-5-10-25(24(11-16)35-3)39(33,34)29-27(31)26(17-7-9-22-23(13-17)38-15-37-22)20-14-30(2)21-12-18(28(32)36-4)6-8-19(20)21;1-16-4-9-25(24(10-16)34-3)37(32,33)28-27(31)26(18-6-8-22-23(12-18)36-15-35-22)20-13-29(2)21-11-17(14-30)5-7-19(20)21/h5-14,26H,15H2,1-4H3,(H,29,31);4-13,26,30H,14-15H2,1-3H3,(H,28,31). The van der Waals surface area contributed by atoms with Crippen molar-refractivity contribution in [2.24, 2.45) is 14.1 Å². The zero-order valence-electron chi connectivity index (χ0n) is 42.2. The molecule has 2 unspecified atom stereocenters. The van der Waals surface area contributed by atoms with Crippen molar-refractivity contribution in [3.8, 4) is 34.5 Å². The number of nitrogens with one attached hydrogen (secondary N) is 2. The molecule has 2 aromatic heterocycles. The molecule has 2 atom stereocenters. The summed E-state index contributed by atoms with van der Waals surface area (Å²) in [6.45, 7) is 3.60. The number of benzene rings is 6. The minimum Gasteiger partial charge on any atom is -0.495 e. The summed E-state index contributed by atoms with van der Waals surface area (Å²) in [5, 5.41) is 11.0. The summed E-state index contributed by atoms with van der Waals surface area (Å²) in [4.78, 5) is 39.5. The monoisotopic (exact) mass is 1070 g/mol. The van der Waals surface area contributed by atoms with Gasteiger partial charge in [-0.1, -0.05) is 42.5 Å². The van der Waals surface area contributed by atoms with Crippen LogP contribution < -0.4 is 37.9 Å². The third kappa shape index (κ3) is 10.2. The van der Waals surface area contributed by atoms with Gasteiger partial charge in [0.1, 0.15) is 21.3 Å². The highest BCUT2D eigenvalue weighted by molar-refractivity contribution is 7.90. The van der Waals surface area contributed by atoms with E-state index >= 15 is 0 Å². The summed E-state index contributed by atoms with van der Waals surface area (Å²) in [6.07, 6.45) is 3.53. The maximum Gasteiger partial charge on any atom is 0.337 e. The summed E-state index contributed by atoms with van der Waals surface area (Å²) >= 11 is 0. The summed E-state index contributed by atoms with van der Waals surface area (Å²) < 4.78 is 98.8. The van der Waals surface area contributed by atoms with Crippen LogP contribution in [0.1, 0.15) is 61.1 Å². The smallest absolute Gasteiger partial charge is 0.337 e. The zero-order valence-corrected chi connectivity index (χ0v) is 43.8. The SMILES string of the molecule is COC(=O)c1ccc2c(C(C(=O)NS(=O)(=O)c3ccc(C)cc3OC)c3ccc4c(c3)OCO4)cn(C)c2c1.COc1cc(C)ccc1S(=O)(=O)NC(=O)C(c1ccc2c(c1)OCO2)c1cn(C)c2cc(CO)ccc12. The lowest BCUT2D eigenvalue weighted by Crippen LogP contribution is -2.35. The van der Waals surface area contributed by atoms with E-state index in [0.717, 1.165) is 27.6 Å². The minimum absolute atomic E-state index is 0.0435. The van der Waals surface area contributed by atoms with Gasteiger partial charge < -0.3 is 47.4 Å². The Morgan fingerprint density at radius 1 is 0.579 bits per heavy atom. The molecular formula is C55H52N4O15S2. The number of nitrogens with zero attached hydrogens (tertiary/aromatic N) is 2. The lowest BCUT2D eigenvalue weighted by molar-refractivity contribution is -0.120. The lowest BCUT2D eigenvalue weighted by Gasteiger charge is -2.19. The molecule has 76 heavy (non-hydrogen) atoms. The number of aryl methyl sites for hydroxylation is 4. The van der Waals surface area contributed by atoms with Crippen molar-refractivity contribution in [1.29, 1.82) is 0 Å². The van der Waals surface area contributed by atoms with E-state index in [1.807, 2.05) is 30.7 Å². The van der Waals surface area contributed by atoms with Crippen LogP contribution in [-0.4, -0.2) is 83.8 Å². The molecule has 4 heterocycles. The quantitative estimate of drug-likeness (QED) is 0.0930. The van der Waals surface area contributed by atoms with Gasteiger partial charge in [-0.05, 0) is 120 Å². The number of carbonyl (C=O) groups excluding carboxylic acids is 3. The van der Waals surface area contributed by atoms with Gasteiger partial charge in [0.05, 0.1) is 45.3 Å². The Morgan fingerprint density at radius 2 is 1.03 bits per heavy atom. The third-order valence-corrected chi connectivity index (χ3v) is 15.8. The fraction of sp³-hybridized carbons (Fsp3) is 0.218. The predicted molar refractivity (Wildman–Crippen MR) is 278 cm³/mol. The van der Waals surface area contributed by atoms with Gasteiger partial charge in [0.15, 0.2) is 23.0 Å². The van der Waals surface area contributed by atoms with Crippen LogP contribution in [0, 0.1) is 13.8 Å². The molecule has 0 spiro atoms. The first-order chi connectivity index (χ1) is 36.3. The van der Waals surface area contributed by atoms with Crippen LogP contribution in [0.25, 0.3) is 21.8 Å². The van der Waals surface area contributed by atoms with Crippen LogP contribution in [0.15, 0.2) is 131 Å². The number of sulfonamides is 2. The first-order valence-electron chi connectivity index (χ1n) is 23.4. The molecule has 394 valence electrons. The number of rotatable bonds is 14. The summed E-state index contributed by atoms with van der Waals surface area (Å²) in [5.41, 5.74) is 6.30. The Hall–Kier alpha value is -8.53. The second-order valence-electron chi connectivity index (χ2n) is 18.0. The van der Waals surface area contributed by atoms with Gasteiger partial charge in [-0.3, -0.25) is 9.59 Å². The van der Waals surface area contributed by atoms with Gasteiger partial charge in [0, 0.05) is 48.3 Å². The second kappa shape index (κ2) is 21.0. The normalized spacial score (nSPS) is 13.4. The topological polar surface area (TPSA) is 238 Å². The minimum atomic E-state index is -4.31. The molecule has 0 saturated carbocycles. The van der Waals surface area contributed by atoms with E-state index in [9.17, 15) is 36.3 Å². The maximum atomic E-state index is 13.9. The summed E-state index contributed by atoms with van der Waals surface area (Å²) in [7, 11) is -0.935. The average molecular weight is 1070 g/mol. The number of hydrogen-bond acceptors (Lipinski definition) is 15. The van der Waals surface area contributed by atoms with Crippen molar-refractivity contribution >= 4 is 59.6 Å².